The fourth-order valence-corrected chi connectivity index (χ4v) is 4.71. The summed E-state index contributed by atoms with van der Waals surface area (Å²) in [5, 5.41) is 3.93. The number of pyridine rings is 1. The van der Waals surface area contributed by atoms with E-state index in [4.69, 9.17) is 9.47 Å². The summed E-state index contributed by atoms with van der Waals surface area (Å²) in [5.74, 6) is 2.20. The largest absolute Gasteiger partial charge is 0.496 e. The lowest BCUT2D eigenvalue weighted by Crippen LogP contribution is -2.47. The molecule has 2 fully saturated rings. The number of anilines is 1. The zero-order chi connectivity index (χ0) is 20.2. The van der Waals surface area contributed by atoms with Crippen LogP contribution < -0.4 is 14.8 Å². The minimum absolute atomic E-state index is 0.0723. The van der Waals surface area contributed by atoms with Crippen molar-refractivity contribution < 1.29 is 14.3 Å². The van der Waals surface area contributed by atoms with Crippen LogP contribution in [0.15, 0.2) is 36.5 Å². The number of nitrogens with one attached hydrogen (secondary N) is 2. The second-order valence-electron chi connectivity index (χ2n) is 8.11. The summed E-state index contributed by atoms with van der Waals surface area (Å²) in [5.41, 5.74) is 2.73. The first-order valence-corrected chi connectivity index (χ1v) is 9.73. The van der Waals surface area contributed by atoms with Crippen LogP contribution in [0.1, 0.15) is 6.42 Å². The van der Waals surface area contributed by atoms with Gasteiger partial charge >= 0.3 is 0 Å². The van der Waals surface area contributed by atoms with Crippen LogP contribution in [-0.4, -0.2) is 55.1 Å². The van der Waals surface area contributed by atoms with Crippen LogP contribution in [0.25, 0.3) is 22.2 Å². The quantitative estimate of drug-likeness (QED) is 0.697. The SMILES string of the molecule is COc1cccc(OC)c1-c1c[nH]c2nc(NC(=O)[C@@H]3CC34CN(C)C4)ccc12. The molecule has 150 valence electrons. The Kier molecular flexibility index (Phi) is 4.03. The second kappa shape index (κ2) is 6.49. The first-order chi connectivity index (χ1) is 14.0. The predicted molar refractivity (Wildman–Crippen MR) is 111 cm³/mol. The number of rotatable bonds is 5. The molecule has 7 nitrogen and oxygen atoms in total. The van der Waals surface area contributed by atoms with E-state index in [0.717, 1.165) is 47.5 Å². The Hall–Kier alpha value is -3.06. The summed E-state index contributed by atoms with van der Waals surface area (Å²) in [6, 6.07) is 9.52. The van der Waals surface area contributed by atoms with Gasteiger partial charge in [-0.15, -0.1) is 0 Å². The third kappa shape index (κ3) is 2.84. The van der Waals surface area contributed by atoms with Crippen molar-refractivity contribution >= 4 is 22.8 Å². The van der Waals surface area contributed by atoms with Crippen molar-refractivity contribution in [2.24, 2.45) is 11.3 Å². The normalized spacial score (nSPS) is 19.8. The van der Waals surface area contributed by atoms with Gasteiger partial charge in [-0.2, -0.15) is 0 Å². The highest BCUT2D eigenvalue weighted by Crippen LogP contribution is 2.58. The number of benzene rings is 1. The van der Waals surface area contributed by atoms with Crippen LogP contribution >= 0.6 is 0 Å². The van der Waals surface area contributed by atoms with Crippen LogP contribution in [0, 0.1) is 11.3 Å². The summed E-state index contributed by atoms with van der Waals surface area (Å²) in [4.78, 5) is 22.7. The molecule has 1 saturated heterocycles. The van der Waals surface area contributed by atoms with E-state index in [0.29, 0.717) is 11.5 Å². The van der Waals surface area contributed by atoms with Gasteiger partial charge in [0, 0.05) is 41.6 Å². The minimum atomic E-state index is 0.0723. The number of aromatic amines is 1. The molecular formula is C22H24N4O3. The number of methoxy groups -OCH3 is 2. The number of hydrogen-bond acceptors (Lipinski definition) is 5. The van der Waals surface area contributed by atoms with Gasteiger partial charge in [-0.25, -0.2) is 4.98 Å². The average molecular weight is 392 g/mol. The summed E-state index contributed by atoms with van der Waals surface area (Å²) >= 11 is 0. The van der Waals surface area contributed by atoms with Gasteiger partial charge in [0.2, 0.25) is 5.91 Å². The van der Waals surface area contributed by atoms with Crippen molar-refractivity contribution in [3.63, 3.8) is 0 Å². The maximum atomic E-state index is 12.6. The van der Waals surface area contributed by atoms with Gasteiger partial charge in [-0.3, -0.25) is 4.79 Å². The van der Waals surface area contributed by atoms with Crippen LogP contribution in [0.3, 0.4) is 0 Å². The number of fused-ring (bicyclic) bond motifs is 1. The van der Waals surface area contributed by atoms with Gasteiger partial charge in [0.25, 0.3) is 0 Å². The number of hydrogen-bond donors (Lipinski definition) is 2. The molecule has 1 amide bonds. The van der Waals surface area contributed by atoms with Crippen molar-refractivity contribution in [1.29, 1.82) is 0 Å². The van der Waals surface area contributed by atoms with E-state index in [1.54, 1.807) is 14.2 Å². The standard InChI is InChI=1S/C22H24N4O3/c1-26-11-22(12-26)9-15(22)21(27)25-18-8-7-13-14(10-23-20(13)24-18)19-16(28-2)5-4-6-17(19)29-3/h4-8,10,15H,9,11-12H2,1-3H3,(H2,23,24,25,27)/t15-/m0/s1. The molecule has 1 aromatic carbocycles. The molecule has 3 aromatic rings. The van der Waals surface area contributed by atoms with Crippen molar-refractivity contribution in [3.05, 3.63) is 36.5 Å². The van der Waals surface area contributed by atoms with Gasteiger partial charge < -0.3 is 24.7 Å². The smallest absolute Gasteiger partial charge is 0.229 e. The summed E-state index contributed by atoms with van der Waals surface area (Å²) in [6.07, 6.45) is 2.87. The Morgan fingerprint density at radius 2 is 1.93 bits per heavy atom. The maximum absolute atomic E-state index is 12.6. The Bertz CT molecular complexity index is 1080. The molecule has 1 aliphatic carbocycles. The highest BCUT2D eigenvalue weighted by atomic mass is 16.5. The monoisotopic (exact) mass is 392 g/mol. The number of nitrogens with zero attached hydrogens (tertiary/aromatic N) is 2. The molecule has 5 rings (SSSR count). The topological polar surface area (TPSA) is 79.5 Å². The molecule has 0 radical (unpaired) electrons. The van der Waals surface area contributed by atoms with E-state index in [9.17, 15) is 4.79 Å². The van der Waals surface area contributed by atoms with Gasteiger partial charge in [0.15, 0.2) is 0 Å². The molecule has 1 saturated carbocycles. The molecule has 2 N–H and O–H groups in total. The average Bonchev–Trinajstić information content (AvgIpc) is 3.30. The summed E-state index contributed by atoms with van der Waals surface area (Å²) in [7, 11) is 5.38. The predicted octanol–water partition coefficient (Wildman–Crippen LogP) is 3.14. The molecule has 7 heteroatoms. The number of aromatic nitrogens is 2. The zero-order valence-electron chi connectivity index (χ0n) is 16.8. The van der Waals surface area contributed by atoms with E-state index in [-0.39, 0.29) is 17.2 Å². The number of likely N-dealkylation sites (tertiary alicyclic amines) is 1. The van der Waals surface area contributed by atoms with Gasteiger partial charge in [0.05, 0.1) is 19.8 Å². The molecule has 1 atom stereocenters. The molecule has 3 heterocycles. The molecule has 29 heavy (non-hydrogen) atoms. The highest BCUT2D eigenvalue weighted by molar-refractivity contribution is 5.99. The molecular weight excluding hydrogens is 368 g/mol. The van der Waals surface area contributed by atoms with Crippen LogP contribution in [-0.2, 0) is 4.79 Å². The molecule has 0 bridgehead atoms. The molecule has 1 aliphatic heterocycles. The third-order valence-corrected chi connectivity index (χ3v) is 6.16. The van der Waals surface area contributed by atoms with Crippen LogP contribution in [0.2, 0.25) is 0 Å². The van der Waals surface area contributed by atoms with Crippen molar-refractivity contribution in [2.45, 2.75) is 6.42 Å². The molecule has 2 aliphatic rings. The number of amides is 1. The van der Waals surface area contributed by atoms with Crippen molar-refractivity contribution in [3.8, 4) is 22.6 Å². The van der Waals surface area contributed by atoms with Gasteiger partial charge in [-0.05, 0) is 37.7 Å². The fourth-order valence-electron chi connectivity index (χ4n) is 4.71. The fraction of sp³-hybridized carbons (Fsp3) is 0.364. The molecule has 2 aromatic heterocycles. The van der Waals surface area contributed by atoms with E-state index in [1.165, 1.54) is 0 Å². The Morgan fingerprint density at radius 1 is 1.21 bits per heavy atom. The van der Waals surface area contributed by atoms with E-state index < -0.39 is 0 Å². The van der Waals surface area contributed by atoms with Crippen LogP contribution in [0.5, 0.6) is 11.5 Å². The van der Waals surface area contributed by atoms with Gasteiger partial charge in [0.1, 0.15) is 23.0 Å². The Balaban J connectivity index is 1.42. The van der Waals surface area contributed by atoms with E-state index in [2.05, 4.69) is 27.2 Å². The number of H-pyrrole nitrogens is 1. The van der Waals surface area contributed by atoms with Crippen molar-refractivity contribution in [1.82, 2.24) is 14.9 Å². The van der Waals surface area contributed by atoms with E-state index in [1.807, 2.05) is 36.5 Å². The Morgan fingerprint density at radius 3 is 2.59 bits per heavy atom. The van der Waals surface area contributed by atoms with Crippen molar-refractivity contribution in [2.75, 3.05) is 39.7 Å². The second-order valence-corrected chi connectivity index (χ2v) is 8.11. The lowest BCUT2D eigenvalue weighted by atomic mass is 9.94. The van der Waals surface area contributed by atoms with Gasteiger partial charge in [-0.1, -0.05) is 6.07 Å². The molecule has 0 unspecified atom stereocenters. The Labute approximate surface area is 169 Å². The summed E-state index contributed by atoms with van der Waals surface area (Å²) < 4.78 is 11.1. The minimum Gasteiger partial charge on any atom is -0.496 e. The lowest BCUT2D eigenvalue weighted by molar-refractivity contribution is -0.119. The number of carbonyl (C=O) groups is 1. The first kappa shape index (κ1) is 18.0. The lowest BCUT2D eigenvalue weighted by Gasteiger charge is -2.37. The highest BCUT2D eigenvalue weighted by Gasteiger charge is 2.63. The number of carbonyl (C=O) groups excluding carboxylic acids is 1. The number of ether oxygens (including phenoxy) is 2. The van der Waals surface area contributed by atoms with E-state index >= 15 is 0 Å². The summed E-state index contributed by atoms with van der Waals surface area (Å²) in [6.45, 7) is 2.02. The third-order valence-electron chi connectivity index (χ3n) is 6.16. The maximum Gasteiger partial charge on any atom is 0.229 e. The molecule has 1 spiro atoms. The van der Waals surface area contributed by atoms with Crippen LogP contribution in [0.4, 0.5) is 5.82 Å². The first-order valence-electron chi connectivity index (χ1n) is 9.73. The zero-order valence-corrected chi connectivity index (χ0v) is 16.8.